The molecule has 3 N–H and O–H groups in total. The molecule has 8 nitrogen and oxygen atoms in total. The van der Waals surface area contributed by atoms with Crippen LogP contribution in [0, 0.1) is 6.92 Å². The van der Waals surface area contributed by atoms with Gasteiger partial charge in [-0.25, -0.2) is 4.79 Å². The molecule has 126 valence electrons. The Balaban J connectivity index is 1.50. The Labute approximate surface area is 143 Å². The highest BCUT2D eigenvalue weighted by atomic mass is 32.1. The van der Waals surface area contributed by atoms with Gasteiger partial charge in [-0.3, -0.25) is 10.1 Å². The first kappa shape index (κ1) is 16.2. The molecule has 1 aliphatic rings. The van der Waals surface area contributed by atoms with E-state index >= 15 is 0 Å². The van der Waals surface area contributed by atoms with E-state index in [2.05, 4.69) is 26.1 Å². The number of amides is 3. The minimum atomic E-state index is -0.317. The fourth-order valence-corrected chi connectivity index (χ4v) is 2.94. The number of hydrogen-bond donors (Lipinski definition) is 3. The first-order chi connectivity index (χ1) is 11.6. The van der Waals surface area contributed by atoms with Gasteiger partial charge in [-0.2, -0.15) is 0 Å². The number of nitrogens with one attached hydrogen (secondary N) is 3. The summed E-state index contributed by atoms with van der Waals surface area (Å²) in [6.45, 7) is 4.07. The molecule has 1 aliphatic heterocycles. The van der Waals surface area contributed by atoms with Crippen LogP contribution in [0.25, 0.3) is 0 Å². The van der Waals surface area contributed by atoms with Crippen LogP contribution in [0.1, 0.15) is 10.6 Å². The lowest BCUT2D eigenvalue weighted by molar-refractivity contribution is -0.120. The summed E-state index contributed by atoms with van der Waals surface area (Å²) in [6, 6.07) is 7.49. The van der Waals surface area contributed by atoms with Crippen molar-refractivity contribution in [3.05, 3.63) is 34.8 Å². The maximum atomic E-state index is 11.8. The van der Waals surface area contributed by atoms with E-state index in [1.54, 1.807) is 0 Å². The molecule has 0 unspecified atom stereocenters. The molecular formula is C15H18N6O2S. The molecule has 0 radical (unpaired) electrons. The fourth-order valence-electron chi connectivity index (χ4n) is 2.35. The third-order valence-electron chi connectivity index (χ3n) is 3.54. The Bertz CT molecular complexity index is 730. The Kier molecular flexibility index (Phi) is 4.90. The molecule has 2 heterocycles. The van der Waals surface area contributed by atoms with Gasteiger partial charge in [-0.1, -0.05) is 23.5 Å². The van der Waals surface area contributed by atoms with Crippen molar-refractivity contribution < 1.29 is 9.59 Å². The van der Waals surface area contributed by atoms with E-state index in [1.165, 1.54) is 11.3 Å². The highest BCUT2D eigenvalue weighted by molar-refractivity contribution is 7.15. The molecule has 24 heavy (non-hydrogen) atoms. The molecule has 0 spiro atoms. The number of carbonyl (C=O) groups is 2. The second kappa shape index (κ2) is 7.26. The van der Waals surface area contributed by atoms with Crippen molar-refractivity contribution in [2.75, 3.05) is 29.9 Å². The van der Waals surface area contributed by atoms with Crippen molar-refractivity contribution in [2.45, 2.75) is 13.5 Å². The second-order valence-corrected chi connectivity index (χ2v) is 6.55. The molecule has 2 aromatic rings. The molecule has 0 bridgehead atoms. The summed E-state index contributed by atoms with van der Waals surface area (Å²) in [4.78, 5) is 25.3. The number of aryl methyl sites for hydroxylation is 1. The van der Waals surface area contributed by atoms with Gasteiger partial charge in [0.15, 0.2) is 0 Å². The third-order valence-corrected chi connectivity index (χ3v) is 4.29. The lowest BCUT2D eigenvalue weighted by atomic mass is 10.2. The monoisotopic (exact) mass is 346 g/mol. The summed E-state index contributed by atoms with van der Waals surface area (Å²) in [7, 11) is 0. The normalized spacial score (nSPS) is 14.2. The predicted octanol–water partition coefficient (Wildman–Crippen LogP) is 1.10. The van der Waals surface area contributed by atoms with Crippen LogP contribution >= 0.6 is 11.3 Å². The van der Waals surface area contributed by atoms with Crippen LogP contribution in [-0.4, -0.2) is 41.8 Å². The quantitative estimate of drug-likeness (QED) is 0.770. The average molecular weight is 346 g/mol. The number of hydrogen-bond acceptors (Lipinski definition) is 6. The van der Waals surface area contributed by atoms with E-state index in [4.69, 9.17) is 0 Å². The van der Waals surface area contributed by atoms with Crippen LogP contribution in [0.15, 0.2) is 24.3 Å². The van der Waals surface area contributed by atoms with Crippen molar-refractivity contribution in [1.29, 1.82) is 0 Å². The maximum absolute atomic E-state index is 11.8. The Morgan fingerprint density at radius 2 is 2.12 bits per heavy atom. The van der Waals surface area contributed by atoms with Gasteiger partial charge in [0.1, 0.15) is 5.01 Å². The largest absolute Gasteiger partial charge is 0.360 e. The lowest BCUT2D eigenvalue weighted by Gasteiger charge is -2.28. The van der Waals surface area contributed by atoms with Crippen molar-refractivity contribution in [1.82, 2.24) is 20.8 Å². The zero-order valence-electron chi connectivity index (χ0n) is 13.2. The number of nitrogens with zero attached hydrogens (tertiary/aromatic N) is 3. The Morgan fingerprint density at radius 3 is 2.79 bits per heavy atom. The van der Waals surface area contributed by atoms with Gasteiger partial charge < -0.3 is 15.5 Å². The smallest absolute Gasteiger partial charge is 0.321 e. The summed E-state index contributed by atoms with van der Waals surface area (Å²) in [5.41, 5.74) is 1.98. The highest BCUT2D eigenvalue weighted by Crippen LogP contribution is 2.16. The van der Waals surface area contributed by atoms with Crippen LogP contribution in [-0.2, 0) is 11.3 Å². The summed E-state index contributed by atoms with van der Waals surface area (Å²) in [5.74, 6) is 0.0376. The molecular weight excluding hydrogens is 328 g/mol. The summed E-state index contributed by atoms with van der Waals surface area (Å²) >= 11 is 1.32. The first-order valence-electron chi connectivity index (χ1n) is 7.56. The SMILES string of the molecule is Cc1nnc(NC(=O)NCc2ccc(N3CCNC(=O)C3)cc2)s1. The van der Waals surface area contributed by atoms with Gasteiger partial charge >= 0.3 is 6.03 Å². The van der Waals surface area contributed by atoms with E-state index in [1.807, 2.05) is 36.1 Å². The molecule has 9 heteroatoms. The predicted molar refractivity (Wildman–Crippen MR) is 92.2 cm³/mol. The van der Waals surface area contributed by atoms with Crippen LogP contribution in [0.5, 0.6) is 0 Å². The second-order valence-electron chi connectivity index (χ2n) is 5.37. The van der Waals surface area contributed by atoms with Crippen LogP contribution in [0.4, 0.5) is 15.6 Å². The summed E-state index contributed by atoms with van der Waals surface area (Å²) in [6.07, 6.45) is 0. The van der Waals surface area contributed by atoms with Gasteiger partial charge in [0.25, 0.3) is 0 Å². The van der Waals surface area contributed by atoms with Gasteiger partial charge in [-0.05, 0) is 24.6 Å². The third kappa shape index (κ3) is 4.19. The van der Waals surface area contributed by atoms with Gasteiger partial charge in [-0.15, -0.1) is 10.2 Å². The van der Waals surface area contributed by atoms with E-state index in [0.717, 1.165) is 22.8 Å². The Hall–Kier alpha value is -2.68. The number of urea groups is 1. The molecule has 1 aromatic carbocycles. The lowest BCUT2D eigenvalue weighted by Crippen LogP contribution is -2.47. The first-order valence-corrected chi connectivity index (χ1v) is 8.37. The number of benzene rings is 1. The van der Waals surface area contributed by atoms with E-state index in [-0.39, 0.29) is 11.9 Å². The molecule has 3 amide bonds. The molecule has 0 saturated carbocycles. The minimum absolute atomic E-state index is 0.0376. The van der Waals surface area contributed by atoms with Crippen molar-refractivity contribution >= 4 is 34.1 Å². The van der Waals surface area contributed by atoms with E-state index in [0.29, 0.717) is 24.8 Å². The molecule has 3 rings (SSSR count). The number of aromatic nitrogens is 2. The van der Waals surface area contributed by atoms with Crippen LogP contribution < -0.4 is 20.9 Å². The van der Waals surface area contributed by atoms with Gasteiger partial charge in [0.2, 0.25) is 11.0 Å². The van der Waals surface area contributed by atoms with Gasteiger partial charge in [0.05, 0.1) is 6.54 Å². The standard InChI is InChI=1S/C15H18N6O2S/c1-10-19-20-15(24-10)18-14(23)17-8-11-2-4-12(5-3-11)21-7-6-16-13(22)9-21/h2-5H,6-9H2,1H3,(H,16,22)(H2,17,18,20,23). The number of carbonyl (C=O) groups excluding carboxylic acids is 2. The van der Waals surface area contributed by atoms with Crippen molar-refractivity contribution in [3.63, 3.8) is 0 Å². The number of anilines is 2. The zero-order valence-corrected chi connectivity index (χ0v) is 14.0. The Morgan fingerprint density at radius 1 is 1.33 bits per heavy atom. The van der Waals surface area contributed by atoms with Gasteiger partial charge in [0, 0.05) is 25.3 Å². The van der Waals surface area contributed by atoms with Crippen molar-refractivity contribution in [3.8, 4) is 0 Å². The minimum Gasteiger partial charge on any atom is -0.360 e. The highest BCUT2D eigenvalue weighted by Gasteiger charge is 2.16. The van der Waals surface area contributed by atoms with E-state index < -0.39 is 0 Å². The summed E-state index contributed by atoms with van der Waals surface area (Å²) < 4.78 is 0. The maximum Gasteiger partial charge on any atom is 0.321 e. The molecule has 0 aliphatic carbocycles. The fraction of sp³-hybridized carbons (Fsp3) is 0.333. The van der Waals surface area contributed by atoms with E-state index in [9.17, 15) is 9.59 Å². The topological polar surface area (TPSA) is 99.2 Å². The van der Waals surface area contributed by atoms with Crippen LogP contribution in [0.2, 0.25) is 0 Å². The number of piperazine rings is 1. The van der Waals surface area contributed by atoms with Crippen LogP contribution in [0.3, 0.4) is 0 Å². The zero-order chi connectivity index (χ0) is 16.9. The molecule has 0 atom stereocenters. The van der Waals surface area contributed by atoms with Crippen molar-refractivity contribution in [2.24, 2.45) is 0 Å². The molecule has 1 fully saturated rings. The summed E-state index contributed by atoms with van der Waals surface area (Å²) in [5, 5.41) is 17.2. The number of rotatable bonds is 4. The molecule has 1 saturated heterocycles. The molecule has 1 aromatic heterocycles. The average Bonchev–Trinajstić information content (AvgIpc) is 2.98.